The van der Waals surface area contributed by atoms with Gasteiger partial charge in [0.1, 0.15) is 18.3 Å². The van der Waals surface area contributed by atoms with Crippen LogP contribution in [0, 0.1) is 0 Å². The van der Waals surface area contributed by atoms with Gasteiger partial charge in [-0.2, -0.15) is 0 Å². The normalized spacial score (nSPS) is 40.5. The molecule has 0 spiro atoms. The molecule has 1 heterocycles. The van der Waals surface area contributed by atoms with Crippen molar-refractivity contribution < 1.29 is 34.0 Å². The summed E-state index contributed by atoms with van der Waals surface area (Å²) < 4.78 is 17.2. The fourth-order valence-electron chi connectivity index (χ4n) is 4.06. The van der Waals surface area contributed by atoms with Crippen molar-refractivity contribution in [3.05, 3.63) is 0 Å². The number of nitrogens with zero attached hydrogens (tertiary/aromatic N) is 1. The minimum Gasteiger partial charge on any atom is -0.389 e. The van der Waals surface area contributed by atoms with Gasteiger partial charge in [0, 0.05) is 20.2 Å². The van der Waals surface area contributed by atoms with Crippen molar-refractivity contribution in [1.29, 1.82) is 0 Å². The van der Waals surface area contributed by atoms with E-state index in [1.165, 1.54) is 19.1 Å². The molecule has 2 aliphatic rings. The molecule has 2 rings (SSSR count). The predicted molar refractivity (Wildman–Crippen MR) is 106 cm³/mol. The second-order valence-electron chi connectivity index (χ2n) is 8.00. The van der Waals surface area contributed by atoms with E-state index < -0.39 is 54.7 Å². The average Bonchev–Trinajstić information content (AvgIpc) is 2.72. The summed E-state index contributed by atoms with van der Waals surface area (Å²) in [5.41, 5.74) is 18.2. The average molecular weight is 434 g/mol. The molecule has 0 aromatic carbocycles. The number of amides is 2. The molecule has 1 saturated heterocycles. The number of aliphatic hydroxyl groups excluding tert-OH is 2. The molecule has 0 aromatic rings. The van der Waals surface area contributed by atoms with Gasteiger partial charge in [0.05, 0.1) is 36.9 Å². The van der Waals surface area contributed by atoms with Gasteiger partial charge in [-0.15, -0.1) is 0 Å². The summed E-state index contributed by atoms with van der Waals surface area (Å²) in [4.78, 5) is 24.1. The largest absolute Gasteiger partial charge is 0.389 e. The number of ether oxygens (including phenoxy) is 3. The molecule has 0 aromatic heterocycles. The molecule has 1 aliphatic heterocycles. The van der Waals surface area contributed by atoms with E-state index in [1.807, 2.05) is 6.92 Å². The quantitative estimate of drug-likeness (QED) is 0.207. The van der Waals surface area contributed by atoms with Crippen molar-refractivity contribution in [2.45, 2.75) is 80.7 Å². The number of aliphatic hydroxyl groups is 2. The van der Waals surface area contributed by atoms with Gasteiger partial charge in [0.2, 0.25) is 12.3 Å². The van der Waals surface area contributed by atoms with Crippen molar-refractivity contribution >= 4 is 12.3 Å². The molecule has 174 valence electrons. The van der Waals surface area contributed by atoms with E-state index in [4.69, 9.17) is 31.4 Å². The number of hydrogen-bond acceptors (Lipinski definition) is 10. The summed E-state index contributed by atoms with van der Waals surface area (Å²) >= 11 is 0. The number of carbonyl (C=O) groups is 2. The fourth-order valence-corrected chi connectivity index (χ4v) is 4.06. The molecule has 1 saturated carbocycles. The van der Waals surface area contributed by atoms with Gasteiger partial charge in [0.25, 0.3) is 0 Å². The summed E-state index contributed by atoms with van der Waals surface area (Å²) in [6, 6.07) is -2.71. The first kappa shape index (κ1) is 24.9. The molecule has 10 atom stereocenters. The van der Waals surface area contributed by atoms with Crippen LogP contribution in [0.4, 0.5) is 0 Å². The van der Waals surface area contributed by atoms with Gasteiger partial charge in [-0.3, -0.25) is 9.59 Å². The van der Waals surface area contributed by atoms with Crippen molar-refractivity contribution in [1.82, 2.24) is 10.2 Å². The molecule has 1 aliphatic carbocycles. The first-order valence-corrected chi connectivity index (χ1v) is 10.0. The highest BCUT2D eigenvalue weighted by atomic mass is 16.7. The molecule has 12 nitrogen and oxygen atoms in total. The van der Waals surface area contributed by atoms with Crippen molar-refractivity contribution in [3.63, 3.8) is 0 Å². The van der Waals surface area contributed by atoms with E-state index in [9.17, 15) is 19.8 Å². The minimum absolute atomic E-state index is 0.237. The van der Waals surface area contributed by atoms with E-state index in [0.717, 1.165) is 0 Å². The molecule has 9 N–H and O–H groups in total. The van der Waals surface area contributed by atoms with Gasteiger partial charge in [-0.1, -0.05) is 0 Å². The first-order valence-electron chi connectivity index (χ1n) is 10.0. The third-order valence-corrected chi connectivity index (χ3v) is 5.90. The Morgan fingerprint density at radius 2 is 1.97 bits per heavy atom. The number of hydrogen-bond donors (Lipinski definition) is 6. The molecule has 30 heavy (non-hydrogen) atoms. The number of likely N-dealkylation sites (N-methyl/N-ethyl adjacent to an activating group) is 1. The number of nitrogens with two attached hydrogens (primary N) is 3. The van der Waals surface area contributed by atoms with Crippen LogP contribution in [0.2, 0.25) is 0 Å². The summed E-state index contributed by atoms with van der Waals surface area (Å²) in [5.74, 6) is -0.489. The highest BCUT2D eigenvalue weighted by Crippen LogP contribution is 2.31. The van der Waals surface area contributed by atoms with Crippen molar-refractivity contribution in [3.8, 4) is 0 Å². The lowest BCUT2D eigenvalue weighted by Gasteiger charge is -2.50. The zero-order valence-corrected chi connectivity index (χ0v) is 17.6. The van der Waals surface area contributed by atoms with Gasteiger partial charge < -0.3 is 51.8 Å². The summed E-state index contributed by atoms with van der Waals surface area (Å²) in [6.07, 6.45) is -4.09. The van der Waals surface area contributed by atoms with E-state index in [0.29, 0.717) is 19.3 Å². The van der Waals surface area contributed by atoms with Gasteiger partial charge in [0.15, 0.2) is 6.29 Å². The van der Waals surface area contributed by atoms with Crippen LogP contribution < -0.4 is 22.5 Å². The van der Waals surface area contributed by atoms with Gasteiger partial charge in [-0.25, -0.2) is 0 Å². The predicted octanol–water partition coefficient (Wildman–Crippen LogP) is -3.80. The highest BCUT2D eigenvalue weighted by molar-refractivity contribution is 5.80. The molecule has 0 unspecified atom stereocenters. The summed E-state index contributed by atoms with van der Waals surface area (Å²) in [6.45, 7) is 1.54. The lowest BCUT2D eigenvalue weighted by Crippen LogP contribution is -2.72. The van der Waals surface area contributed by atoms with Gasteiger partial charge in [-0.05, 0) is 19.8 Å². The van der Waals surface area contributed by atoms with E-state index in [-0.39, 0.29) is 18.7 Å². The van der Waals surface area contributed by atoms with E-state index in [2.05, 4.69) is 5.32 Å². The Kier molecular flexibility index (Phi) is 8.94. The second-order valence-corrected chi connectivity index (χ2v) is 8.00. The topological polar surface area (TPSA) is 196 Å². The maximum absolute atomic E-state index is 12.4. The van der Waals surface area contributed by atoms with Crippen LogP contribution in [0.25, 0.3) is 0 Å². The highest BCUT2D eigenvalue weighted by Gasteiger charge is 2.53. The van der Waals surface area contributed by atoms with Crippen LogP contribution in [0.15, 0.2) is 0 Å². The SMILES string of the molecule is CO[C@H]1[C@H](O)[C@H](N)[C@H](O[C@H]2O[C@@H]([C@@H](C)N)CC[C@H]2N)[C@H](O)[C@H]1N(C)C(=O)CNC=O. The number of rotatable bonds is 8. The lowest BCUT2D eigenvalue weighted by atomic mass is 9.80. The summed E-state index contributed by atoms with van der Waals surface area (Å²) in [5, 5.41) is 24.0. The number of nitrogens with one attached hydrogen (secondary N) is 1. The Morgan fingerprint density at radius 3 is 2.53 bits per heavy atom. The third-order valence-electron chi connectivity index (χ3n) is 5.90. The van der Waals surface area contributed by atoms with E-state index in [1.54, 1.807) is 0 Å². The zero-order chi connectivity index (χ0) is 22.6. The minimum atomic E-state index is -1.31. The van der Waals surface area contributed by atoms with Crippen molar-refractivity contribution in [2.24, 2.45) is 17.2 Å². The first-order chi connectivity index (χ1) is 14.1. The van der Waals surface area contributed by atoms with Crippen LogP contribution in [0.3, 0.4) is 0 Å². The molecule has 2 amide bonds. The maximum Gasteiger partial charge on any atom is 0.242 e. The van der Waals surface area contributed by atoms with Crippen LogP contribution in [0.1, 0.15) is 19.8 Å². The number of methoxy groups -OCH3 is 1. The Hall–Kier alpha value is -1.38. The molecule has 0 bridgehead atoms. The van der Waals surface area contributed by atoms with Crippen LogP contribution in [-0.4, -0.2) is 109 Å². The molecule has 0 radical (unpaired) electrons. The van der Waals surface area contributed by atoms with E-state index >= 15 is 0 Å². The zero-order valence-electron chi connectivity index (χ0n) is 17.6. The van der Waals surface area contributed by atoms with Crippen LogP contribution in [-0.2, 0) is 23.8 Å². The molecule has 12 heteroatoms. The Bertz CT molecular complexity index is 583. The Morgan fingerprint density at radius 1 is 1.30 bits per heavy atom. The Balaban J connectivity index is 2.22. The van der Waals surface area contributed by atoms with Crippen molar-refractivity contribution in [2.75, 3.05) is 20.7 Å². The van der Waals surface area contributed by atoms with Crippen LogP contribution in [0.5, 0.6) is 0 Å². The fraction of sp³-hybridized carbons (Fsp3) is 0.889. The molecule has 2 fully saturated rings. The second kappa shape index (κ2) is 10.8. The maximum atomic E-state index is 12.4. The third kappa shape index (κ3) is 5.26. The lowest BCUT2D eigenvalue weighted by molar-refractivity contribution is -0.267. The smallest absolute Gasteiger partial charge is 0.242 e. The molecular formula is C18H35N5O7. The monoisotopic (exact) mass is 433 g/mol. The van der Waals surface area contributed by atoms with Gasteiger partial charge >= 0.3 is 0 Å². The summed E-state index contributed by atoms with van der Waals surface area (Å²) in [7, 11) is 2.78. The number of carbonyl (C=O) groups excluding carboxylic acids is 2. The van der Waals surface area contributed by atoms with Crippen LogP contribution >= 0.6 is 0 Å². The standard InChI is InChI=1S/C18H35N5O7/c1-8(19)10-5-4-9(20)18(29-10)30-16-12(21)14(26)17(28-3)13(15(16)27)23(2)11(25)6-22-7-24/h7-10,12-18,26-27H,4-6,19-21H2,1-3H3,(H,22,24)/t8-,9-,10-,12+,13-,14-,15-,16+,17-,18-/m1/s1. The Labute approximate surface area is 176 Å². The molecular weight excluding hydrogens is 398 g/mol.